The van der Waals surface area contributed by atoms with E-state index < -0.39 is 24.1 Å². The predicted octanol–water partition coefficient (Wildman–Crippen LogP) is 5.52. The minimum atomic E-state index is -4.70. The zero-order chi connectivity index (χ0) is 27.0. The van der Waals surface area contributed by atoms with Crippen molar-refractivity contribution in [2.24, 2.45) is 0 Å². The van der Waals surface area contributed by atoms with Gasteiger partial charge in [0.15, 0.2) is 6.61 Å². The highest BCUT2D eigenvalue weighted by molar-refractivity contribution is 5.80. The van der Waals surface area contributed by atoms with Crippen LogP contribution < -0.4 is 9.47 Å². The van der Waals surface area contributed by atoms with Crippen LogP contribution in [0.15, 0.2) is 66.7 Å². The summed E-state index contributed by atoms with van der Waals surface area (Å²) in [6.45, 7) is 2.26. The Morgan fingerprint density at radius 3 is 2.19 bits per heavy atom. The molecule has 0 aliphatic rings. The molecule has 0 radical (unpaired) electrons. The molecule has 0 N–H and O–H groups in total. The van der Waals surface area contributed by atoms with Crippen LogP contribution in [-0.4, -0.2) is 44.1 Å². The van der Waals surface area contributed by atoms with Gasteiger partial charge in [-0.05, 0) is 47.9 Å². The van der Waals surface area contributed by atoms with Crippen LogP contribution in [0.4, 0.5) is 13.2 Å². The molecule has 0 saturated carbocycles. The number of methoxy groups -OCH3 is 2. The minimum absolute atomic E-state index is 0.00447. The van der Waals surface area contributed by atoms with Crippen LogP contribution in [0.2, 0.25) is 0 Å². The van der Waals surface area contributed by atoms with Gasteiger partial charge in [0.25, 0.3) is 5.91 Å². The third-order valence-electron chi connectivity index (χ3n) is 5.80. The number of amides is 1. The van der Waals surface area contributed by atoms with E-state index in [4.69, 9.17) is 9.47 Å². The lowest BCUT2D eigenvalue weighted by Crippen LogP contribution is -2.34. The molecule has 0 aliphatic heterocycles. The Hall–Kier alpha value is -4.01. The van der Waals surface area contributed by atoms with Gasteiger partial charge in [-0.3, -0.25) is 9.59 Å². The number of esters is 1. The number of nitrogens with zero attached hydrogens (tertiary/aromatic N) is 1. The Balaban J connectivity index is 1.96. The van der Waals surface area contributed by atoms with Crippen molar-refractivity contribution in [1.29, 1.82) is 0 Å². The Morgan fingerprint density at radius 2 is 1.57 bits per heavy atom. The van der Waals surface area contributed by atoms with Gasteiger partial charge in [0.2, 0.25) is 0 Å². The second-order valence-corrected chi connectivity index (χ2v) is 8.13. The number of likely N-dealkylation sites (N-methyl/N-ethyl adjacent to an activating group) is 1. The van der Waals surface area contributed by atoms with Gasteiger partial charge in [-0.2, -0.15) is 13.2 Å². The predicted molar refractivity (Wildman–Crippen MR) is 132 cm³/mol. The van der Waals surface area contributed by atoms with Crippen molar-refractivity contribution in [3.63, 3.8) is 0 Å². The van der Waals surface area contributed by atoms with Gasteiger partial charge in [0.1, 0.15) is 11.5 Å². The summed E-state index contributed by atoms with van der Waals surface area (Å²) in [5.74, 6) is -0.474. The topological polar surface area (TPSA) is 65.1 Å². The van der Waals surface area contributed by atoms with Gasteiger partial charge >= 0.3 is 12.1 Å². The van der Waals surface area contributed by atoms with Gasteiger partial charge in [-0.15, -0.1) is 0 Å². The van der Waals surface area contributed by atoms with Gasteiger partial charge in [-0.25, -0.2) is 0 Å². The summed E-state index contributed by atoms with van der Waals surface area (Å²) in [6.07, 6.45) is -5.25. The average molecular weight is 516 g/mol. The normalized spacial score (nSPS) is 11.1. The summed E-state index contributed by atoms with van der Waals surface area (Å²) in [7, 11) is 2.40. The largest absolute Gasteiger partial charge is 0.496 e. The Morgan fingerprint density at radius 1 is 0.892 bits per heavy atom. The van der Waals surface area contributed by atoms with Gasteiger partial charge in [-0.1, -0.05) is 42.5 Å². The fraction of sp³-hybridized carbons (Fsp3) is 0.286. The van der Waals surface area contributed by atoms with Crippen molar-refractivity contribution < 1.29 is 37.0 Å². The van der Waals surface area contributed by atoms with E-state index in [2.05, 4.69) is 4.74 Å². The number of rotatable bonds is 10. The maximum absolute atomic E-state index is 13.8. The van der Waals surface area contributed by atoms with Crippen LogP contribution in [0, 0.1) is 0 Å². The lowest BCUT2D eigenvalue weighted by molar-refractivity contribution is -0.141. The molecule has 196 valence electrons. The highest BCUT2D eigenvalue weighted by Crippen LogP contribution is 2.41. The maximum atomic E-state index is 13.8. The standard InChI is InChI=1S/C28H28F3NO5/c1-4-32(26(33)18-37-21-11-6-5-7-12-21)17-19-10-8-9-13-22(19)23-14-20(15-27(34)36-3)24(28(29,30)31)16-25(23)35-2/h5-14,16H,4,15,17-18H2,1-3H3. The Labute approximate surface area is 213 Å². The third-order valence-corrected chi connectivity index (χ3v) is 5.80. The number of benzene rings is 3. The highest BCUT2D eigenvalue weighted by Gasteiger charge is 2.35. The number of halogens is 3. The van der Waals surface area contributed by atoms with Crippen molar-refractivity contribution >= 4 is 11.9 Å². The number of alkyl halides is 3. The molecule has 0 fully saturated rings. The second-order valence-electron chi connectivity index (χ2n) is 8.13. The molecule has 6 nitrogen and oxygen atoms in total. The van der Waals surface area contributed by atoms with Crippen LogP contribution in [0.5, 0.6) is 11.5 Å². The monoisotopic (exact) mass is 515 g/mol. The van der Waals surface area contributed by atoms with E-state index in [1.54, 1.807) is 53.4 Å². The number of hydrogen-bond donors (Lipinski definition) is 0. The fourth-order valence-electron chi connectivity index (χ4n) is 3.90. The third kappa shape index (κ3) is 7.03. The zero-order valence-corrected chi connectivity index (χ0v) is 20.8. The summed E-state index contributed by atoms with van der Waals surface area (Å²) < 4.78 is 56.8. The first kappa shape index (κ1) is 27.6. The van der Waals surface area contributed by atoms with Crippen molar-refractivity contribution in [1.82, 2.24) is 4.90 Å². The molecule has 3 aromatic rings. The summed E-state index contributed by atoms with van der Waals surface area (Å²) in [5, 5.41) is 0. The first-order valence-corrected chi connectivity index (χ1v) is 11.6. The van der Waals surface area contributed by atoms with Gasteiger partial charge in [0, 0.05) is 18.7 Å². The molecule has 3 aromatic carbocycles. The lowest BCUT2D eigenvalue weighted by Gasteiger charge is -2.24. The number of carbonyl (C=O) groups is 2. The fourth-order valence-corrected chi connectivity index (χ4v) is 3.90. The van der Waals surface area contributed by atoms with Crippen LogP contribution >= 0.6 is 0 Å². The van der Waals surface area contributed by atoms with Crippen LogP contribution in [0.3, 0.4) is 0 Å². The Kier molecular flexibility index (Phi) is 9.16. The molecule has 0 unspecified atom stereocenters. The molecule has 0 atom stereocenters. The number of para-hydroxylation sites is 1. The van der Waals surface area contributed by atoms with E-state index in [0.717, 1.165) is 13.2 Å². The molecule has 0 heterocycles. The first-order valence-electron chi connectivity index (χ1n) is 11.6. The molecular weight excluding hydrogens is 487 g/mol. The smallest absolute Gasteiger partial charge is 0.416 e. The molecule has 1 amide bonds. The molecule has 0 saturated heterocycles. The molecule has 0 aromatic heterocycles. The van der Waals surface area contributed by atoms with Crippen molar-refractivity contribution in [3.05, 3.63) is 83.4 Å². The van der Waals surface area contributed by atoms with Crippen LogP contribution in [0.1, 0.15) is 23.6 Å². The summed E-state index contributed by atoms with van der Waals surface area (Å²) in [5.41, 5.74) is 0.437. The first-order chi connectivity index (χ1) is 17.7. The quantitative estimate of drug-likeness (QED) is 0.333. The highest BCUT2D eigenvalue weighted by atomic mass is 19.4. The molecule has 0 spiro atoms. The molecule has 3 rings (SSSR count). The lowest BCUT2D eigenvalue weighted by atomic mass is 9.93. The molecule has 0 aliphatic carbocycles. The van der Waals surface area contributed by atoms with E-state index in [-0.39, 0.29) is 30.4 Å². The van der Waals surface area contributed by atoms with Gasteiger partial charge in [0.05, 0.1) is 26.2 Å². The number of hydrogen-bond acceptors (Lipinski definition) is 5. The maximum Gasteiger partial charge on any atom is 0.416 e. The van der Waals surface area contributed by atoms with Gasteiger partial charge < -0.3 is 19.1 Å². The molecule has 9 heteroatoms. The number of carbonyl (C=O) groups excluding carboxylic acids is 2. The second kappa shape index (κ2) is 12.3. The average Bonchev–Trinajstić information content (AvgIpc) is 2.90. The van der Waals surface area contributed by atoms with E-state index in [0.29, 0.717) is 29.0 Å². The number of ether oxygens (including phenoxy) is 3. The summed E-state index contributed by atoms with van der Waals surface area (Å²) in [6, 6.07) is 18.2. The van der Waals surface area contributed by atoms with E-state index in [9.17, 15) is 22.8 Å². The van der Waals surface area contributed by atoms with E-state index >= 15 is 0 Å². The Bertz CT molecular complexity index is 1230. The van der Waals surface area contributed by atoms with E-state index in [1.807, 2.05) is 13.0 Å². The van der Waals surface area contributed by atoms with Crippen LogP contribution in [-0.2, 0) is 33.5 Å². The van der Waals surface area contributed by atoms with Crippen LogP contribution in [0.25, 0.3) is 11.1 Å². The molecule has 37 heavy (non-hydrogen) atoms. The summed E-state index contributed by atoms with van der Waals surface area (Å²) in [4.78, 5) is 26.4. The minimum Gasteiger partial charge on any atom is -0.496 e. The summed E-state index contributed by atoms with van der Waals surface area (Å²) >= 11 is 0. The molecule has 0 bridgehead atoms. The van der Waals surface area contributed by atoms with Crippen molar-refractivity contribution in [2.75, 3.05) is 27.4 Å². The van der Waals surface area contributed by atoms with Crippen molar-refractivity contribution in [3.8, 4) is 22.6 Å². The van der Waals surface area contributed by atoms with E-state index in [1.165, 1.54) is 13.2 Å². The zero-order valence-electron chi connectivity index (χ0n) is 20.8. The SMILES string of the molecule is CCN(Cc1ccccc1-c1cc(CC(=O)OC)c(C(F)(F)F)cc1OC)C(=O)COc1ccccc1. The van der Waals surface area contributed by atoms with Crippen molar-refractivity contribution in [2.45, 2.75) is 26.1 Å². The molecular formula is C28H28F3NO5.